The van der Waals surface area contributed by atoms with Crippen LogP contribution in [0.25, 0.3) is 11.3 Å². The molecular formula is C23H24N4O4. The summed E-state index contributed by atoms with van der Waals surface area (Å²) in [6.45, 7) is 4.84. The number of anilines is 2. The Kier molecular flexibility index (Phi) is 6.49. The summed E-state index contributed by atoms with van der Waals surface area (Å²) in [7, 11) is 1.51. The van der Waals surface area contributed by atoms with Gasteiger partial charge < -0.3 is 15.4 Å². The number of amides is 2. The van der Waals surface area contributed by atoms with E-state index >= 15 is 0 Å². The minimum atomic E-state index is -0.572. The number of benzene rings is 2. The van der Waals surface area contributed by atoms with Crippen LogP contribution in [0.15, 0.2) is 53.3 Å². The average Bonchev–Trinajstić information content (AvgIpc) is 2.71. The monoisotopic (exact) mass is 420 g/mol. The first kappa shape index (κ1) is 21.8. The molecule has 160 valence electrons. The Hall–Kier alpha value is -3.94. The highest BCUT2D eigenvalue weighted by atomic mass is 16.5. The molecule has 0 unspecified atom stereocenters. The van der Waals surface area contributed by atoms with Crippen LogP contribution >= 0.6 is 0 Å². The third kappa shape index (κ3) is 5.36. The fourth-order valence-electron chi connectivity index (χ4n) is 3.04. The summed E-state index contributed by atoms with van der Waals surface area (Å²) >= 11 is 0. The Morgan fingerprint density at radius 1 is 0.968 bits per heavy atom. The topological polar surface area (TPSA) is 102 Å². The highest BCUT2D eigenvalue weighted by molar-refractivity contribution is 5.92. The van der Waals surface area contributed by atoms with E-state index in [9.17, 15) is 14.4 Å². The zero-order valence-electron chi connectivity index (χ0n) is 17.9. The largest absolute Gasteiger partial charge is 0.495 e. The van der Waals surface area contributed by atoms with Crippen molar-refractivity contribution in [2.75, 3.05) is 17.7 Å². The summed E-state index contributed by atoms with van der Waals surface area (Å²) in [5, 5.41) is 9.62. The lowest BCUT2D eigenvalue weighted by molar-refractivity contribution is -0.117. The lowest BCUT2D eigenvalue weighted by Crippen LogP contribution is -2.32. The third-order valence-corrected chi connectivity index (χ3v) is 4.55. The van der Waals surface area contributed by atoms with Crippen molar-refractivity contribution >= 4 is 23.2 Å². The van der Waals surface area contributed by atoms with E-state index in [0.29, 0.717) is 17.1 Å². The standard InChI is InChI=1S/C23H24N4O4/c1-14-5-8-17(9-6-14)18-12-20(24-16(3)28)23(30)27(26-18)13-22(29)25-19-11-15(2)7-10-21(19)31-4/h5-12H,13H2,1-4H3,(H,24,28)(H,25,29). The van der Waals surface area contributed by atoms with Gasteiger partial charge in [-0.25, -0.2) is 4.68 Å². The summed E-state index contributed by atoms with van der Waals surface area (Å²) < 4.78 is 6.32. The third-order valence-electron chi connectivity index (χ3n) is 4.55. The molecule has 2 amide bonds. The molecule has 2 aromatic carbocycles. The number of nitrogens with one attached hydrogen (secondary N) is 2. The molecule has 0 aliphatic rings. The Morgan fingerprint density at radius 3 is 2.29 bits per heavy atom. The zero-order valence-corrected chi connectivity index (χ0v) is 17.9. The second kappa shape index (κ2) is 9.25. The predicted molar refractivity (Wildman–Crippen MR) is 119 cm³/mol. The fourth-order valence-corrected chi connectivity index (χ4v) is 3.04. The first-order valence-corrected chi connectivity index (χ1v) is 9.68. The molecule has 3 rings (SSSR count). The van der Waals surface area contributed by atoms with Gasteiger partial charge in [-0.15, -0.1) is 0 Å². The highest BCUT2D eigenvalue weighted by Crippen LogP contribution is 2.25. The van der Waals surface area contributed by atoms with Crippen LogP contribution < -0.4 is 20.9 Å². The minimum absolute atomic E-state index is 0.0546. The number of carbonyl (C=O) groups excluding carboxylic acids is 2. The molecule has 0 saturated heterocycles. The van der Waals surface area contributed by atoms with Gasteiger partial charge in [0.1, 0.15) is 18.0 Å². The Balaban J connectivity index is 1.95. The SMILES string of the molecule is COc1ccc(C)cc1NC(=O)Cn1nc(-c2ccc(C)cc2)cc(NC(C)=O)c1=O. The molecule has 0 saturated carbocycles. The molecule has 3 aromatic rings. The van der Waals surface area contributed by atoms with E-state index in [-0.39, 0.29) is 12.2 Å². The Bertz CT molecular complexity index is 1180. The molecule has 8 heteroatoms. The van der Waals surface area contributed by atoms with E-state index in [4.69, 9.17) is 4.74 Å². The van der Waals surface area contributed by atoms with Crippen molar-refractivity contribution in [1.29, 1.82) is 0 Å². The molecule has 0 bridgehead atoms. The maximum Gasteiger partial charge on any atom is 0.291 e. The molecule has 0 radical (unpaired) electrons. The highest BCUT2D eigenvalue weighted by Gasteiger charge is 2.15. The van der Waals surface area contributed by atoms with Gasteiger partial charge in [-0.2, -0.15) is 5.10 Å². The zero-order chi connectivity index (χ0) is 22.5. The Labute approximate surface area is 179 Å². The number of aryl methyl sites for hydroxylation is 2. The van der Waals surface area contributed by atoms with Crippen molar-refractivity contribution in [3.8, 4) is 17.0 Å². The van der Waals surface area contributed by atoms with Gasteiger partial charge in [-0.3, -0.25) is 14.4 Å². The van der Waals surface area contributed by atoms with Crippen molar-refractivity contribution in [3.63, 3.8) is 0 Å². The Morgan fingerprint density at radius 2 is 1.65 bits per heavy atom. The van der Waals surface area contributed by atoms with E-state index in [2.05, 4.69) is 15.7 Å². The van der Waals surface area contributed by atoms with Gasteiger partial charge in [0.15, 0.2) is 0 Å². The lowest BCUT2D eigenvalue weighted by atomic mass is 10.1. The van der Waals surface area contributed by atoms with E-state index < -0.39 is 17.4 Å². The molecule has 8 nitrogen and oxygen atoms in total. The molecule has 31 heavy (non-hydrogen) atoms. The van der Waals surface area contributed by atoms with E-state index in [0.717, 1.165) is 21.4 Å². The smallest absolute Gasteiger partial charge is 0.291 e. The first-order valence-electron chi connectivity index (χ1n) is 9.68. The fraction of sp³-hybridized carbons (Fsp3) is 0.217. The molecule has 1 aromatic heterocycles. The van der Waals surface area contributed by atoms with Gasteiger partial charge in [0, 0.05) is 12.5 Å². The second-order valence-electron chi connectivity index (χ2n) is 7.21. The number of hydrogen-bond acceptors (Lipinski definition) is 5. The normalized spacial score (nSPS) is 10.5. The summed E-state index contributed by atoms with van der Waals surface area (Å²) in [5.41, 5.74) is 3.22. The van der Waals surface area contributed by atoms with Crippen LogP contribution in [0.4, 0.5) is 11.4 Å². The van der Waals surface area contributed by atoms with Crippen molar-refractivity contribution in [2.45, 2.75) is 27.3 Å². The molecule has 0 aliphatic carbocycles. The van der Waals surface area contributed by atoms with Crippen molar-refractivity contribution in [3.05, 3.63) is 70.0 Å². The number of hydrogen-bond donors (Lipinski definition) is 2. The van der Waals surface area contributed by atoms with Gasteiger partial charge in [0.25, 0.3) is 5.56 Å². The van der Waals surface area contributed by atoms with Gasteiger partial charge in [0.2, 0.25) is 11.8 Å². The van der Waals surface area contributed by atoms with Crippen LogP contribution in [0.1, 0.15) is 18.1 Å². The summed E-state index contributed by atoms with van der Waals surface area (Å²) in [6.07, 6.45) is 0. The number of nitrogens with zero attached hydrogens (tertiary/aromatic N) is 2. The summed E-state index contributed by atoms with van der Waals surface area (Å²) in [4.78, 5) is 37.0. The van der Waals surface area contributed by atoms with E-state index in [1.807, 2.05) is 44.2 Å². The van der Waals surface area contributed by atoms with E-state index in [1.165, 1.54) is 20.1 Å². The maximum atomic E-state index is 12.8. The van der Waals surface area contributed by atoms with Crippen molar-refractivity contribution in [1.82, 2.24) is 9.78 Å². The first-order chi connectivity index (χ1) is 14.8. The quantitative estimate of drug-likeness (QED) is 0.638. The lowest BCUT2D eigenvalue weighted by Gasteiger charge is -2.13. The average molecular weight is 420 g/mol. The number of rotatable bonds is 6. The maximum absolute atomic E-state index is 12.8. The van der Waals surface area contributed by atoms with Gasteiger partial charge >= 0.3 is 0 Å². The second-order valence-corrected chi connectivity index (χ2v) is 7.21. The van der Waals surface area contributed by atoms with Gasteiger partial charge in [-0.1, -0.05) is 35.9 Å². The number of ether oxygens (including phenoxy) is 1. The van der Waals surface area contributed by atoms with E-state index in [1.54, 1.807) is 12.1 Å². The molecule has 0 atom stereocenters. The molecular weight excluding hydrogens is 396 g/mol. The molecule has 0 spiro atoms. The van der Waals surface area contributed by atoms with Gasteiger partial charge in [0.05, 0.1) is 18.5 Å². The number of carbonyl (C=O) groups is 2. The van der Waals surface area contributed by atoms with Crippen LogP contribution in [-0.2, 0) is 16.1 Å². The molecule has 0 aliphatic heterocycles. The van der Waals surface area contributed by atoms with Crippen LogP contribution in [-0.4, -0.2) is 28.7 Å². The van der Waals surface area contributed by atoms with Crippen LogP contribution in [0.5, 0.6) is 5.75 Å². The molecule has 1 heterocycles. The van der Waals surface area contributed by atoms with Crippen molar-refractivity contribution in [2.24, 2.45) is 0 Å². The molecule has 2 N–H and O–H groups in total. The summed E-state index contributed by atoms with van der Waals surface area (Å²) in [6, 6.07) is 14.5. The number of methoxy groups -OCH3 is 1. The minimum Gasteiger partial charge on any atom is -0.495 e. The van der Waals surface area contributed by atoms with Crippen LogP contribution in [0.3, 0.4) is 0 Å². The summed E-state index contributed by atoms with van der Waals surface area (Å²) in [5.74, 6) is -0.335. The van der Waals surface area contributed by atoms with Gasteiger partial charge in [-0.05, 0) is 37.6 Å². The molecule has 0 fully saturated rings. The van der Waals surface area contributed by atoms with Crippen LogP contribution in [0, 0.1) is 13.8 Å². The van der Waals surface area contributed by atoms with Crippen LogP contribution in [0.2, 0.25) is 0 Å². The van der Waals surface area contributed by atoms with Crippen molar-refractivity contribution < 1.29 is 14.3 Å². The predicted octanol–water partition coefficient (Wildman–Crippen LogP) is 3.13. The number of aromatic nitrogens is 2.